The number of hydrogen-bond acceptors (Lipinski definition) is 6. The summed E-state index contributed by atoms with van der Waals surface area (Å²) in [7, 11) is 1.56. The fraction of sp³-hybridized carbons (Fsp3) is 0.267. The van der Waals surface area contributed by atoms with Gasteiger partial charge in [-0.2, -0.15) is 0 Å². The molecule has 3 N–H and O–H groups in total. The van der Waals surface area contributed by atoms with Gasteiger partial charge in [-0.25, -0.2) is 0 Å². The minimum absolute atomic E-state index is 0.00447. The number of ether oxygens (including phenoxy) is 1. The summed E-state index contributed by atoms with van der Waals surface area (Å²) in [6.07, 6.45) is 8.13. The summed E-state index contributed by atoms with van der Waals surface area (Å²) in [5.74, 6) is 0.656. The highest BCUT2D eigenvalue weighted by atomic mass is 16.5. The molecular formula is C30H31N5O3. The van der Waals surface area contributed by atoms with Gasteiger partial charge < -0.3 is 25.7 Å². The number of nitrogens with one attached hydrogen (secondary N) is 1. The van der Waals surface area contributed by atoms with Crippen molar-refractivity contribution in [1.29, 1.82) is 5.41 Å². The van der Waals surface area contributed by atoms with E-state index in [1.165, 1.54) is 12.4 Å². The number of benzene rings is 2. The maximum atomic E-state index is 13.6. The van der Waals surface area contributed by atoms with Crippen molar-refractivity contribution in [2.75, 3.05) is 31.6 Å². The van der Waals surface area contributed by atoms with Gasteiger partial charge in [-0.05, 0) is 60.7 Å². The van der Waals surface area contributed by atoms with Crippen LogP contribution >= 0.6 is 0 Å². The summed E-state index contributed by atoms with van der Waals surface area (Å²) in [6.45, 7) is 1.72. The fourth-order valence-electron chi connectivity index (χ4n) is 5.49. The van der Waals surface area contributed by atoms with Crippen LogP contribution in [-0.2, 0) is 4.79 Å². The first-order valence-corrected chi connectivity index (χ1v) is 12.7. The highest BCUT2D eigenvalue weighted by Crippen LogP contribution is 2.44. The lowest BCUT2D eigenvalue weighted by Gasteiger charge is -2.38. The number of methoxy groups -OCH3 is 1. The molecule has 2 aromatic carbocycles. The van der Waals surface area contributed by atoms with Gasteiger partial charge >= 0.3 is 0 Å². The van der Waals surface area contributed by atoms with Crippen LogP contribution in [0, 0.1) is 10.8 Å². The molecule has 1 spiro atoms. The van der Waals surface area contributed by atoms with Crippen molar-refractivity contribution in [2.24, 2.45) is 11.1 Å². The molecule has 5 rings (SSSR count). The number of aromatic nitrogens is 1. The standard InChI is InChI=1S/C30H31N5O3/c1-38-27-17-25(8-9-26(27)24(18-31)19-32)35-16-12-30(29(35)37)10-14-34(15-11-30)28(36)22-6-4-21(5-7-22)23-3-2-13-33-20-23/h2-9,13,17-20,31H,10-12,14-16,32H2,1H3/b24-19+,31-18?. The van der Waals surface area contributed by atoms with E-state index in [0.29, 0.717) is 54.9 Å². The van der Waals surface area contributed by atoms with E-state index in [0.717, 1.165) is 23.2 Å². The first-order chi connectivity index (χ1) is 18.5. The number of carbonyl (C=O) groups is 2. The third-order valence-electron chi connectivity index (χ3n) is 7.79. The summed E-state index contributed by atoms with van der Waals surface area (Å²) >= 11 is 0. The third-order valence-corrected chi connectivity index (χ3v) is 7.79. The first kappa shape index (κ1) is 25.2. The number of anilines is 1. The molecule has 2 aliphatic heterocycles. The van der Waals surface area contributed by atoms with Crippen molar-refractivity contribution in [3.05, 3.63) is 84.3 Å². The zero-order valence-corrected chi connectivity index (χ0v) is 21.4. The average Bonchev–Trinajstić information content (AvgIpc) is 3.29. The molecule has 2 fully saturated rings. The predicted octanol–water partition coefficient (Wildman–Crippen LogP) is 4.37. The van der Waals surface area contributed by atoms with E-state index in [1.54, 1.807) is 19.5 Å². The van der Waals surface area contributed by atoms with Crippen molar-refractivity contribution < 1.29 is 14.3 Å². The monoisotopic (exact) mass is 509 g/mol. The maximum absolute atomic E-state index is 13.6. The number of carbonyl (C=O) groups excluding carboxylic acids is 2. The SMILES string of the molecule is COc1cc(N2CCC3(CCN(C(=O)c4ccc(-c5cccnc5)cc4)CC3)C2=O)ccc1/C(C=N)=C/N. The van der Waals surface area contributed by atoms with E-state index in [1.807, 2.05) is 64.4 Å². The summed E-state index contributed by atoms with van der Waals surface area (Å²) in [6, 6.07) is 17.0. The molecule has 1 aromatic heterocycles. The summed E-state index contributed by atoms with van der Waals surface area (Å²) in [5, 5.41) is 7.57. The number of likely N-dealkylation sites (tertiary alicyclic amines) is 1. The molecule has 194 valence electrons. The number of rotatable bonds is 6. The van der Waals surface area contributed by atoms with Crippen LogP contribution in [0.3, 0.4) is 0 Å². The van der Waals surface area contributed by atoms with Gasteiger partial charge in [-0.15, -0.1) is 0 Å². The van der Waals surface area contributed by atoms with Crippen LogP contribution in [0.5, 0.6) is 5.75 Å². The number of nitrogens with zero attached hydrogens (tertiary/aromatic N) is 3. The molecule has 0 aliphatic carbocycles. The Morgan fingerprint density at radius 2 is 1.79 bits per heavy atom. The van der Waals surface area contributed by atoms with Crippen LogP contribution < -0.4 is 15.4 Å². The van der Waals surface area contributed by atoms with Gasteiger partial charge in [-0.1, -0.05) is 18.2 Å². The van der Waals surface area contributed by atoms with Gasteiger partial charge in [0.15, 0.2) is 0 Å². The molecule has 0 radical (unpaired) electrons. The van der Waals surface area contributed by atoms with E-state index in [2.05, 4.69) is 4.98 Å². The topological polar surface area (TPSA) is 113 Å². The maximum Gasteiger partial charge on any atom is 0.253 e. The van der Waals surface area contributed by atoms with E-state index in [4.69, 9.17) is 15.9 Å². The number of allylic oxidation sites excluding steroid dienone is 1. The number of piperidine rings is 1. The third kappa shape index (κ3) is 4.53. The second-order valence-electron chi connectivity index (χ2n) is 9.75. The highest BCUT2D eigenvalue weighted by Gasteiger charge is 2.49. The lowest BCUT2D eigenvalue weighted by molar-refractivity contribution is -0.127. The molecule has 38 heavy (non-hydrogen) atoms. The zero-order chi connectivity index (χ0) is 26.7. The molecule has 8 heteroatoms. The minimum atomic E-state index is -0.454. The quantitative estimate of drug-likeness (QED) is 0.479. The molecule has 3 aromatic rings. The second kappa shape index (κ2) is 10.5. The van der Waals surface area contributed by atoms with E-state index < -0.39 is 5.41 Å². The van der Waals surface area contributed by atoms with Crippen molar-refractivity contribution in [1.82, 2.24) is 9.88 Å². The van der Waals surface area contributed by atoms with E-state index in [-0.39, 0.29) is 11.8 Å². The molecule has 0 bridgehead atoms. The van der Waals surface area contributed by atoms with Crippen molar-refractivity contribution in [2.45, 2.75) is 19.3 Å². The Hall–Kier alpha value is -4.46. The van der Waals surface area contributed by atoms with Gasteiger partial charge in [0.25, 0.3) is 5.91 Å². The Bertz CT molecular complexity index is 1380. The summed E-state index contributed by atoms with van der Waals surface area (Å²) in [4.78, 5) is 34.7. The molecule has 0 unspecified atom stereocenters. The van der Waals surface area contributed by atoms with Crippen LogP contribution in [-0.4, -0.2) is 54.7 Å². The molecule has 2 saturated heterocycles. The van der Waals surface area contributed by atoms with Gasteiger partial charge in [0.05, 0.1) is 12.5 Å². The zero-order valence-electron chi connectivity index (χ0n) is 21.4. The molecule has 3 heterocycles. The largest absolute Gasteiger partial charge is 0.496 e. The van der Waals surface area contributed by atoms with Crippen LogP contribution in [0.4, 0.5) is 5.69 Å². The Morgan fingerprint density at radius 1 is 1.05 bits per heavy atom. The first-order valence-electron chi connectivity index (χ1n) is 12.7. The molecule has 8 nitrogen and oxygen atoms in total. The van der Waals surface area contributed by atoms with Gasteiger partial charge in [0.1, 0.15) is 5.75 Å². The minimum Gasteiger partial charge on any atom is -0.496 e. The number of nitrogens with two attached hydrogens (primary N) is 1. The predicted molar refractivity (Wildman–Crippen MR) is 148 cm³/mol. The normalized spacial score (nSPS) is 17.1. The van der Waals surface area contributed by atoms with Gasteiger partial charge in [0, 0.05) is 72.9 Å². The molecule has 2 amide bonds. The molecule has 0 saturated carbocycles. The smallest absolute Gasteiger partial charge is 0.253 e. The van der Waals surface area contributed by atoms with Gasteiger partial charge in [-0.3, -0.25) is 14.6 Å². The van der Waals surface area contributed by atoms with Crippen molar-refractivity contribution >= 4 is 29.3 Å². The van der Waals surface area contributed by atoms with E-state index >= 15 is 0 Å². The Kier molecular flexibility index (Phi) is 6.96. The van der Waals surface area contributed by atoms with E-state index in [9.17, 15) is 9.59 Å². The average molecular weight is 510 g/mol. The van der Waals surface area contributed by atoms with Crippen LogP contribution in [0.15, 0.2) is 73.2 Å². The number of hydrogen-bond donors (Lipinski definition) is 2. The van der Waals surface area contributed by atoms with Crippen LogP contribution in [0.25, 0.3) is 16.7 Å². The molecular weight excluding hydrogens is 478 g/mol. The Morgan fingerprint density at radius 3 is 2.42 bits per heavy atom. The highest BCUT2D eigenvalue weighted by molar-refractivity contribution is 6.09. The molecule has 2 aliphatic rings. The lowest BCUT2D eigenvalue weighted by atomic mass is 9.77. The van der Waals surface area contributed by atoms with Gasteiger partial charge in [0.2, 0.25) is 5.91 Å². The number of amides is 2. The Balaban J connectivity index is 1.26. The Labute approximate surface area is 222 Å². The molecule has 0 atom stereocenters. The van der Waals surface area contributed by atoms with Crippen molar-refractivity contribution in [3.63, 3.8) is 0 Å². The van der Waals surface area contributed by atoms with Crippen LogP contribution in [0.1, 0.15) is 35.2 Å². The van der Waals surface area contributed by atoms with Crippen molar-refractivity contribution in [3.8, 4) is 16.9 Å². The summed E-state index contributed by atoms with van der Waals surface area (Å²) in [5.41, 5.74) is 9.88. The fourth-order valence-corrected chi connectivity index (χ4v) is 5.49. The number of pyridine rings is 1. The lowest BCUT2D eigenvalue weighted by Crippen LogP contribution is -2.46. The second-order valence-corrected chi connectivity index (χ2v) is 9.75. The summed E-state index contributed by atoms with van der Waals surface area (Å²) < 4.78 is 5.53. The van der Waals surface area contributed by atoms with Crippen LogP contribution in [0.2, 0.25) is 0 Å².